The molecular formula is C45H32O2. The van der Waals surface area contributed by atoms with Crippen molar-refractivity contribution in [3.05, 3.63) is 180 Å². The van der Waals surface area contributed by atoms with Crippen molar-refractivity contribution in [2.75, 3.05) is 0 Å². The second-order valence-corrected chi connectivity index (χ2v) is 12.0. The second-order valence-electron chi connectivity index (χ2n) is 12.0. The number of rotatable bonds is 6. The third-order valence-electron chi connectivity index (χ3n) is 8.99. The van der Waals surface area contributed by atoms with Gasteiger partial charge in [0.2, 0.25) is 5.43 Å². The van der Waals surface area contributed by atoms with E-state index in [1.807, 2.05) is 48.5 Å². The molecule has 8 aromatic rings. The fourth-order valence-electron chi connectivity index (χ4n) is 6.46. The lowest BCUT2D eigenvalue weighted by Gasteiger charge is -2.12. The number of aryl methyl sites for hydroxylation is 1. The number of benzene rings is 7. The van der Waals surface area contributed by atoms with Gasteiger partial charge in [0.25, 0.3) is 0 Å². The molecule has 8 rings (SSSR count). The predicted octanol–water partition coefficient (Wildman–Crippen LogP) is 11.8. The minimum absolute atomic E-state index is 0.0237. The van der Waals surface area contributed by atoms with E-state index < -0.39 is 0 Å². The van der Waals surface area contributed by atoms with Crippen LogP contribution in [0.5, 0.6) is 0 Å². The average molecular weight is 605 g/mol. The Kier molecular flexibility index (Phi) is 7.32. The van der Waals surface area contributed by atoms with E-state index in [2.05, 4.69) is 122 Å². The van der Waals surface area contributed by atoms with Crippen molar-refractivity contribution < 1.29 is 4.42 Å². The van der Waals surface area contributed by atoms with E-state index in [4.69, 9.17) is 4.42 Å². The van der Waals surface area contributed by atoms with Gasteiger partial charge in [-0.05, 0) is 116 Å². The lowest BCUT2D eigenvalue weighted by molar-refractivity contribution is 0.660. The maximum atomic E-state index is 14.0. The highest BCUT2D eigenvalue weighted by atomic mass is 16.3. The van der Waals surface area contributed by atoms with Gasteiger partial charge in [-0.2, -0.15) is 0 Å². The molecule has 0 atom stereocenters. The number of hydrogen-bond acceptors (Lipinski definition) is 2. The third kappa shape index (κ3) is 5.55. The van der Waals surface area contributed by atoms with Crippen molar-refractivity contribution in [3.8, 4) is 55.6 Å². The van der Waals surface area contributed by atoms with E-state index in [1.54, 1.807) is 0 Å². The van der Waals surface area contributed by atoms with Crippen LogP contribution in [-0.2, 0) is 6.42 Å². The summed E-state index contributed by atoms with van der Waals surface area (Å²) in [6, 6.07) is 56.5. The van der Waals surface area contributed by atoms with Crippen LogP contribution in [0.2, 0.25) is 0 Å². The Bertz CT molecular complexity index is 2380. The van der Waals surface area contributed by atoms with E-state index in [9.17, 15) is 4.79 Å². The quantitative estimate of drug-likeness (QED) is 0.177. The van der Waals surface area contributed by atoms with Crippen molar-refractivity contribution in [1.29, 1.82) is 0 Å². The van der Waals surface area contributed by atoms with Crippen LogP contribution in [0.25, 0.3) is 77.6 Å². The van der Waals surface area contributed by atoms with Crippen LogP contribution >= 0.6 is 0 Å². The van der Waals surface area contributed by atoms with Gasteiger partial charge in [-0.25, -0.2) is 0 Å². The van der Waals surface area contributed by atoms with Crippen LogP contribution in [-0.4, -0.2) is 0 Å². The minimum Gasteiger partial charge on any atom is -0.456 e. The zero-order valence-corrected chi connectivity index (χ0v) is 26.1. The first-order chi connectivity index (χ1) is 23.1. The Morgan fingerprint density at radius 3 is 1.36 bits per heavy atom. The van der Waals surface area contributed by atoms with E-state index in [-0.39, 0.29) is 5.43 Å². The zero-order valence-electron chi connectivity index (χ0n) is 26.1. The van der Waals surface area contributed by atoms with E-state index in [1.165, 1.54) is 16.7 Å². The van der Waals surface area contributed by atoms with Gasteiger partial charge in [0.05, 0.1) is 10.8 Å². The molecule has 47 heavy (non-hydrogen) atoms. The van der Waals surface area contributed by atoms with Crippen molar-refractivity contribution in [2.45, 2.75) is 13.3 Å². The summed E-state index contributed by atoms with van der Waals surface area (Å²) in [5.74, 6) is 0. The van der Waals surface area contributed by atoms with Crippen molar-refractivity contribution >= 4 is 21.9 Å². The lowest BCUT2D eigenvalue weighted by Crippen LogP contribution is -2.02. The fourth-order valence-corrected chi connectivity index (χ4v) is 6.46. The largest absolute Gasteiger partial charge is 0.456 e. The Hall–Kier alpha value is -5.99. The molecule has 7 aromatic carbocycles. The van der Waals surface area contributed by atoms with Gasteiger partial charge < -0.3 is 4.42 Å². The van der Waals surface area contributed by atoms with Gasteiger partial charge in [0, 0.05) is 0 Å². The molecule has 224 valence electrons. The first kappa shape index (κ1) is 28.5. The molecule has 0 aliphatic heterocycles. The summed E-state index contributed by atoms with van der Waals surface area (Å²) in [7, 11) is 0. The molecule has 0 N–H and O–H groups in total. The fraction of sp³-hybridized carbons (Fsp3) is 0.0444. The van der Waals surface area contributed by atoms with Crippen LogP contribution in [0.1, 0.15) is 12.5 Å². The van der Waals surface area contributed by atoms with E-state index in [0.29, 0.717) is 21.9 Å². The monoisotopic (exact) mass is 604 g/mol. The lowest BCUT2D eigenvalue weighted by atomic mass is 9.93. The Balaban J connectivity index is 1.23. The molecule has 0 bridgehead atoms. The second kappa shape index (κ2) is 12.1. The first-order valence-corrected chi connectivity index (χ1v) is 16.1. The molecule has 0 unspecified atom stereocenters. The molecule has 0 saturated carbocycles. The Morgan fingerprint density at radius 2 is 0.830 bits per heavy atom. The maximum Gasteiger partial charge on any atom is 0.200 e. The van der Waals surface area contributed by atoms with Gasteiger partial charge in [0.1, 0.15) is 11.2 Å². The van der Waals surface area contributed by atoms with Crippen molar-refractivity contribution in [1.82, 2.24) is 0 Å². The molecule has 1 heterocycles. The summed E-state index contributed by atoms with van der Waals surface area (Å²) in [4.78, 5) is 14.0. The third-order valence-corrected chi connectivity index (χ3v) is 8.99. The smallest absolute Gasteiger partial charge is 0.200 e. The standard InChI is InChI=1S/C45H32O2/c1-2-30-22-36(31-12-6-3-7-13-31)24-37(23-30)35-18-20-41-44(29-35)47-43-21-19-34(28-42(43)45(41)46)40-26-38(32-14-8-4-9-15-32)25-39(27-40)33-16-10-5-11-17-33/h3-29H,2H2,1H3. The SMILES string of the molecule is CCc1cc(-c2ccccc2)cc(-c2ccc3c(=O)c4cc(-c5cc(-c6ccccc6)cc(-c6ccccc6)c5)ccc4oc3c2)c1. The molecule has 0 saturated heterocycles. The molecule has 2 nitrogen and oxygen atoms in total. The number of hydrogen-bond donors (Lipinski definition) is 0. The molecule has 2 heteroatoms. The maximum absolute atomic E-state index is 14.0. The molecule has 0 fully saturated rings. The molecule has 0 aliphatic rings. The predicted molar refractivity (Wildman–Crippen MR) is 197 cm³/mol. The molecule has 0 aliphatic carbocycles. The Labute approximate surface area is 274 Å². The van der Waals surface area contributed by atoms with Gasteiger partial charge in [0.15, 0.2) is 0 Å². The zero-order chi connectivity index (χ0) is 31.7. The highest BCUT2D eigenvalue weighted by Crippen LogP contribution is 2.35. The van der Waals surface area contributed by atoms with Gasteiger partial charge in [-0.3, -0.25) is 4.79 Å². The molecular weight excluding hydrogens is 572 g/mol. The summed E-state index contributed by atoms with van der Waals surface area (Å²) >= 11 is 0. The normalized spacial score (nSPS) is 11.3. The summed E-state index contributed by atoms with van der Waals surface area (Å²) in [5, 5.41) is 1.16. The minimum atomic E-state index is -0.0237. The summed E-state index contributed by atoms with van der Waals surface area (Å²) in [6.07, 6.45) is 0.935. The summed E-state index contributed by atoms with van der Waals surface area (Å²) in [5.41, 5.74) is 13.5. The molecule has 0 spiro atoms. The molecule has 1 aromatic heterocycles. The van der Waals surface area contributed by atoms with Crippen molar-refractivity contribution in [3.63, 3.8) is 0 Å². The van der Waals surface area contributed by atoms with Gasteiger partial charge >= 0.3 is 0 Å². The van der Waals surface area contributed by atoms with Crippen LogP contribution in [0, 0.1) is 0 Å². The highest BCUT2D eigenvalue weighted by Gasteiger charge is 2.13. The van der Waals surface area contributed by atoms with Gasteiger partial charge in [-0.15, -0.1) is 0 Å². The Morgan fingerprint density at radius 1 is 0.383 bits per heavy atom. The summed E-state index contributed by atoms with van der Waals surface area (Å²) < 4.78 is 6.44. The molecule has 0 radical (unpaired) electrons. The van der Waals surface area contributed by atoms with Crippen LogP contribution < -0.4 is 5.43 Å². The van der Waals surface area contributed by atoms with E-state index in [0.717, 1.165) is 50.9 Å². The highest BCUT2D eigenvalue weighted by molar-refractivity contribution is 5.94. The van der Waals surface area contributed by atoms with E-state index >= 15 is 0 Å². The van der Waals surface area contributed by atoms with Crippen LogP contribution in [0.3, 0.4) is 0 Å². The first-order valence-electron chi connectivity index (χ1n) is 16.1. The van der Waals surface area contributed by atoms with Crippen LogP contribution in [0.15, 0.2) is 173 Å². The van der Waals surface area contributed by atoms with Gasteiger partial charge in [-0.1, -0.05) is 122 Å². The molecule has 0 amide bonds. The van der Waals surface area contributed by atoms with Crippen molar-refractivity contribution in [2.24, 2.45) is 0 Å². The van der Waals surface area contributed by atoms with Crippen LogP contribution in [0.4, 0.5) is 0 Å². The summed E-state index contributed by atoms with van der Waals surface area (Å²) in [6.45, 7) is 2.17. The topological polar surface area (TPSA) is 30.2 Å². The average Bonchev–Trinajstić information content (AvgIpc) is 3.15. The number of fused-ring (bicyclic) bond motifs is 2.